The third kappa shape index (κ3) is 7.17. The van der Waals surface area contributed by atoms with Crippen LogP contribution in [0.2, 0.25) is 0 Å². The maximum Gasteiger partial charge on any atom is 0.269 e. The molecule has 0 bridgehead atoms. The Balaban J connectivity index is 0.000000500. The highest BCUT2D eigenvalue weighted by atomic mass is 32.2. The van der Waals surface area contributed by atoms with Crippen molar-refractivity contribution in [1.29, 1.82) is 5.41 Å². The van der Waals surface area contributed by atoms with E-state index in [-0.39, 0.29) is 5.75 Å². The van der Waals surface area contributed by atoms with Gasteiger partial charge in [0.25, 0.3) is 10.1 Å². The van der Waals surface area contributed by atoms with E-state index in [2.05, 4.69) is 0 Å². The highest BCUT2D eigenvalue weighted by Crippen LogP contribution is 2.02. The maximum absolute atomic E-state index is 10.4. The van der Waals surface area contributed by atoms with Crippen molar-refractivity contribution < 1.29 is 17.8 Å². The highest BCUT2D eigenvalue weighted by Gasteiger charge is 2.04. The second kappa shape index (κ2) is 6.04. The van der Waals surface area contributed by atoms with Crippen LogP contribution in [0.15, 0.2) is 30.3 Å². The van der Waals surface area contributed by atoms with Gasteiger partial charge in [-0.2, -0.15) is 8.42 Å². The quantitative estimate of drug-likeness (QED) is 0.436. The number of hydrogen-bond acceptors (Lipinski definition) is 4. The molecule has 0 radical (unpaired) electrons. The van der Waals surface area contributed by atoms with Gasteiger partial charge >= 0.3 is 0 Å². The van der Waals surface area contributed by atoms with Gasteiger partial charge in [0, 0.05) is 0 Å². The molecule has 76 valence electrons. The van der Waals surface area contributed by atoms with Crippen LogP contribution >= 0.6 is 0 Å². The Morgan fingerprint density at radius 2 is 1.71 bits per heavy atom. The molecule has 0 spiro atoms. The molecule has 0 aromatic heterocycles. The molecular formula is C8H9NO4S. The van der Waals surface area contributed by atoms with Crippen molar-refractivity contribution in [2.24, 2.45) is 0 Å². The molecule has 0 fully saturated rings. The van der Waals surface area contributed by atoms with Gasteiger partial charge < -0.3 is 0 Å². The molecule has 0 saturated carbocycles. The zero-order valence-corrected chi connectivity index (χ0v) is 7.99. The van der Waals surface area contributed by atoms with Crippen LogP contribution < -0.4 is 0 Å². The normalized spacial score (nSPS) is 9.50. The molecule has 14 heavy (non-hydrogen) atoms. The molecule has 1 rings (SSSR count). The average Bonchev–Trinajstić information content (AvgIpc) is 2.04. The van der Waals surface area contributed by atoms with E-state index in [0.717, 1.165) is 6.08 Å². The SMILES string of the molecule is N=C=O.O=S(=O)(O)Cc1ccccc1. The van der Waals surface area contributed by atoms with E-state index in [1.54, 1.807) is 30.3 Å². The van der Waals surface area contributed by atoms with Gasteiger partial charge in [0.15, 0.2) is 0 Å². The monoisotopic (exact) mass is 215 g/mol. The first-order valence-corrected chi connectivity index (χ1v) is 5.13. The lowest BCUT2D eigenvalue weighted by atomic mass is 10.2. The van der Waals surface area contributed by atoms with E-state index in [1.165, 1.54) is 0 Å². The van der Waals surface area contributed by atoms with E-state index >= 15 is 0 Å². The van der Waals surface area contributed by atoms with Crippen molar-refractivity contribution in [2.45, 2.75) is 5.75 Å². The number of benzene rings is 1. The van der Waals surface area contributed by atoms with Crippen LogP contribution in [0.1, 0.15) is 5.56 Å². The standard InChI is InChI=1S/C7H8O3S.CHNO/c8-11(9,10)6-7-4-2-1-3-5-7;2-1-3/h1-5H,6H2,(H,8,9,10);2H. The average molecular weight is 215 g/mol. The van der Waals surface area contributed by atoms with Crippen molar-refractivity contribution in [3.8, 4) is 0 Å². The zero-order chi connectivity index (χ0) is 11.0. The Hall–Kier alpha value is -1.49. The number of nitrogens with one attached hydrogen (secondary N) is 1. The van der Waals surface area contributed by atoms with Crippen LogP contribution in [0.4, 0.5) is 0 Å². The molecule has 0 amide bonds. The minimum Gasteiger partial charge on any atom is -0.285 e. The minimum absolute atomic E-state index is 0.312. The smallest absolute Gasteiger partial charge is 0.269 e. The van der Waals surface area contributed by atoms with Gasteiger partial charge in [0.05, 0.1) is 0 Å². The van der Waals surface area contributed by atoms with Crippen molar-refractivity contribution in [3.63, 3.8) is 0 Å². The van der Waals surface area contributed by atoms with E-state index < -0.39 is 10.1 Å². The molecule has 5 nitrogen and oxygen atoms in total. The predicted molar refractivity (Wildman–Crippen MR) is 50.1 cm³/mol. The minimum atomic E-state index is -3.88. The highest BCUT2D eigenvalue weighted by molar-refractivity contribution is 7.85. The molecule has 6 heteroatoms. The second-order valence-corrected chi connectivity index (χ2v) is 3.77. The van der Waals surface area contributed by atoms with Gasteiger partial charge in [-0.05, 0) is 5.56 Å². The first-order valence-electron chi connectivity index (χ1n) is 3.52. The topological polar surface area (TPSA) is 95.3 Å². The third-order valence-corrected chi connectivity index (χ3v) is 1.89. The summed E-state index contributed by atoms with van der Waals surface area (Å²) in [5.41, 5.74) is 0.593. The summed E-state index contributed by atoms with van der Waals surface area (Å²) in [5.74, 6) is -0.312. The molecule has 0 atom stereocenters. The van der Waals surface area contributed by atoms with Crippen LogP contribution in [0.5, 0.6) is 0 Å². The molecule has 2 N–H and O–H groups in total. The molecule has 0 aliphatic rings. The molecule has 0 unspecified atom stereocenters. The Labute approximate surface area is 81.6 Å². The number of isocyanates is 1. The van der Waals surface area contributed by atoms with Crippen molar-refractivity contribution in [3.05, 3.63) is 35.9 Å². The summed E-state index contributed by atoms with van der Waals surface area (Å²) < 4.78 is 29.2. The molecule has 0 saturated heterocycles. The van der Waals surface area contributed by atoms with E-state index in [4.69, 9.17) is 14.8 Å². The molecule has 0 heterocycles. The zero-order valence-electron chi connectivity index (χ0n) is 7.17. The number of carbonyl (C=O) groups excluding carboxylic acids is 1. The molecule has 1 aromatic rings. The van der Waals surface area contributed by atoms with Crippen LogP contribution in [0, 0.1) is 5.41 Å². The van der Waals surface area contributed by atoms with Gasteiger partial charge in [-0.25, -0.2) is 10.2 Å². The maximum atomic E-state index is 10.4. The Morgan fingerprint density at radius 3 is 2.07 bits per heavy atom. The first kappa shape index (κ1) is 12.5. The second-order valence-electron chi connectivity index (χ2n) is 2.31. The lowest BCUT2D eigenvalue weighted by Crippen LogP contribution is -2.00. The summed E-state index contributed by atoms with van der Waals surface area (Å²) in [7, 11) is -3.88. The van der Waals surface area contributed by atoms with Crippen LogP contribution in [0.3, 0.4) is 0 Å². The first-order chi connectivity index (χ1) is 6.49. The van der Waals surface area contributed by atoms with Crippen molar-refractivity contribution in [1.82, 2.24) is 0 Å². The van der Waals surface area contributed by atoms with Gasteiger partial charge in [-0.15, -0.1) is 0 Å². The van der Waals surface area contributed by atoms with Crippen LogP contribution in [-0.4, -0.2) is 19.1 Å². The number of hydrogen-bond donors (Lipinski definition) is 2. The largest absolute Gasteiger partial charge is 0.285 e. The third-order valence-electron chi connectivity index (χ3n) is 1.19. The van der Waals surface area contributed by atoms with E-state index in [0.29, 0.717) is 5.56 Å². The van der Waals surface area contributed by atoms with Gasteiger partial charge in [-0.3, -0.25) is 4.55 Å². The molecule has 0 aliphatic carbocycles. The van der Waals surface area contributed by atoms with Gasteiger partial charge in [0.2, 0.25) is 6.08 Å². The fraction of sp³-hybridized carbons (Fsp3) is 0.125. The van der Waals surface area contributed by atoms with Gasteiger partial charge in [0.1, 0.15) is 5.75 Å². The summed E-state index contributed by atoms with van der Waals surface area (Å²) in [5, 5.41) is 5.40. The Kier molecular flexibility index (Phi) is 5.40. The lowest BCUT2D eigenvalue weighted by molar-refractivity contribution is 0.482. The summed E-state index contributed by atoms with van der Waals surface area (Å²) in [4.78, 5) is 8.35. The fourth-order valence-electron chi connectivity index (χ4n) is 0.785. The number of rotatable bonds is 2. The summed E-state index contributed by atoms with van der Waals surface area (Å²) >= 11 is 0. The van der Waals surface area contributed by atoms with E-state index in [9.17, 15) is 8.42 Å². The summed E-state index contributed by atoms with van der Waals surface area (Å²) in [6.45, 7) is 0. The molecule has 0 aliphatic heterocycles. The summed E-state index contributed by atoms with van der Waals surface area (Å²) in [6, 6.07) is 8.52. The van der Waals surface area contributed by atoms with Crippen molar-refractivity contribution in [2.75, 3.05) is 0 Å². The van der Waals surface area contributed by atoms with Crippen LogP contribution in [-0.2, 0) is 20.7 Å². The molecule has 1 aromatic carbocycles. The molecular weight excluding hydrogens is 206 g/mol. The van der Waals surface area contributed by atoms with Gasteiger partial charge in [-0.1, -0.05) is 30.3 Å². The predicted octanol–water partition coefficient (Wildman–Crippen LogP) is 0.975. The van der Waals surface area contributed by atoms with Crippen LogP contribution in [0.25, 0.3) is 0 Å². The summed E-state index contributed by atoms with van der Waals surface area (Å²) in [6.07, 6.45) is 0.750. The Morgan fingerprint density at radius 1 is 1.29 bits per heavy atom. The fourth-order valence-corrected chi connectivity index (χ4v) is 1.40. The van der Waals surface area contributed by atoms with E-state index in [1.807, 2.05) is 0 Å². The Bertz CT molecular complexity index is 393. The lowest BCUT2D eigenvalue weighted by Gasteiger charge is -1.95. The van der Waals surface area contributed by atoms with Crippen molar-refractivity contribution >= 4 is 16.2 Å².